The molecule has 1 spiro atoms. The minimum absolute atomic E-state index is 0.00194. The zero-order valence-electron chi connectivity index (χ0n) is 22.2. The summed E-state index contributed by atoms with van der Waals surface area (Å²) in [5, 5.41) is 0. The van der Waals surface area contributed by atoms with Crippen LogP contribution in [0.4, 0.5) is 10.7 Å². The second-order valence-electron chi connectivity index (χ2n) is 11.4. The van der Waals surface area contributed by atoms with Gasteiger partial charge in [-0.15, -0.1) is 0 Å². The molecule has 2 saturated carbocycles. The first kappa shape index (κ1) is 24.2. The second kappa shape index (κ2) is 9.31. The molecule has 4 aliphatic rings. The quantitative estimate of drug-likeness (QED) is 0.557. The van der Waals surface area contributed by atoms with Crippen LogP contribution >= 0.6 is 0 Å². The van der Waals surface area contributed by atoms with Gasteiger partial charge in [-0.1, -0.05) is 36.8 Å². The summed E-state index contributed by atoms with van der Waals surface area (Å²) >= 11 is 0. The van der Waals surface area contributed by atoms with Gasteiger partial charge in [-0.25, -0.2) is 9.78 Å². The van der Waals surface area contributed by atoms with Gasteiger partial charge in [0.1, 0.15) is 6.17 Å². The van der Waals surface area contributed by atoms with Gasteiger partial charge in [0.25, 0.3) is 0 Å². The summed E-state index contributed by atoms with van der Waals surface area (Å²) in [4.78, 5) is 31.7. The Hall–Kier alpha value is -3.13. The molecular formula is C29H38N6O2. The predicted octanol–water partition coefficient (Wildman–Crippen LogP) is 4.45. The summed E-state index contributed by atoms with van der Waals surface area (Å²) in [6, 6.07) is 12.8. The fourth-order valence-corrected chi connectivity index (χ4v) is 6.80. The molecule has 3 fully saturated rings. The smallest absolute Gasteiger partial charge is 0.322 e. The zero-order chi connectivity index (χ0) is 25.6. The molecule has 196 valence electrons. The lowest BCUT2D eigenvalue weighted by molar-refractivity contribution is 0.0157. The molecule has 2 amide bonds. The van der Waals surface area contributed by atoms with Gasteiger partial charge in [-0.05, 0) is 70.2 Å². The van der Waals surface area contributed by atoms with Gasteiger partial charge in [-0.2, -0.15) is 4.98 Å². The third-order valence-electron chi connectivity index (χ3n) is 9.43. The Morgan fingerprint density at radius 1 is 1.08 bits per heavy atom. The number of amides is 2. The highest BCUT2D eigenvalue weighted by Gasteiger charge is 2.57. The molecule has 0 radical (unpaired) electrons. The minimum atomic E-state index is -0.169. The van der Waals surface area contributed by atoms with Crippen molar-refractivity contribution in [3.05, 3.63) is 60.4 Å². The number of nitrogens with zero attached hydrogens (tertiary/aromatic N) is 6. The number of rotatable bonds is 7. The van der Waals surface area contributed by atoms with Gasteiger partial charge in [0.2, 0.25) is 11.8 Å². The van der Waals surface area contributed by atoms with Crippen molar-refractivity contribution in [2.24, 2.45) is 5.92 Å². The zero-order valence-corrected chi connectivity index (χ0v) is 22.2. The Balaban J connectivity index is 1.27. The highest BCUT2D eigenvalue weighted by molar-refractivity contribution is 5.80. The van der Waals surface area contributed by atoms with E-state index in [9.17, 15) is 4.79 Å². The highest BCUT2D eigenvalue weighted by atomic mass is 16.5. The SMILES string of the molecule is COc1ccnc(N2C=CC2N2CC3(CCC(c4ccccc4)(N(C)C)CC3)N(CC3CCC3)C2=O)n1. The molecule has 2 aliphatic heterocycles. The average molecular weight is 503 g/mol. The van der Waals surface area contributed by atoms with Crippen LogP contribution in [0.2, 0.25) is 0 Å². The third kappa shape index (κ3) is 3.97. The van der Waals surface area contributed by atoms with Crippen molar-refractivity contribution in [1.82, 2.24) is 24.7 Å². The number of ether oxygens (including phenoxy) is 1. The lowest BCUT2D eigenvalue weighted by atomic mass is 9.68. The molecule has 37 heavy (non-hydrogen) atoms. The van der Waals surface area contributed by atoms with Crippen molar-refractivity contribution < 1.29 is 9.53 Å². The molecule has 3 heterocycles. The number of carbonyl (C=O) groups excluding carboxylic acids is 1. The van der Waals surface area contributed by atoms with E-state index < -0.39 is 0 Å². The highest BCUT2D eigenvalue weighted by Crippen LogP contribution is 2.50. The molecule has 1 unspecified atom stereocenters. The van der Waals surface area contributed by atoms with Crippen molar-refractivity contribution in [3.63, 3.8) is 0 Å². The van der Waals surface area contributed by atoms with E-state index in [4.69, 9.17) is 4.74 Å². The van der Waals surface area contributed by atoms with Crippen LogP contribution in [0.15, 0.2) is 54.9 Å². The van der Waals surface area contributed by atoms with E-state index in [2.05, 4.69) is 70.3 Å². The van der Waals surface area contributed by atoms with Crippen LogP contribution in [0.3, 0.4) is 0 Å². The summed E-state index contributed by atoms with van der Waals surface area (Å²) in [7, 11) is 6.01. The van der Waals surface area contributed by atoms with Crippen molar-refractivity contribution in [3.8, 4) is 5.88 Å². The van der Waals surface area contributed by atoms with Gasteiger partial charge in [0, 0.05) is 37.1 Å². The topological polar surface area (TPSA) is 65.0 Å². The fourth-order valence-electron chi connectivity index (χ4n) is 6.80. The van der Waals surface area contributed by atoms with Crippen LogP contribution in [0.25, 0.3) is 0 Å². The number of benzene rings is 1. The van der Waals surface area contributed by atoms with E-state index in [0.717, 1.165) is 38.8 Å². The van der Waals surface area contributed by atoms with E-state index in [1.165, 1.54) is 24.8 Å². The van der Waals surface area contributed by atoms with Gasteiger partial charge in [-0.3, -0.25) is 14.7 Å². The number of urea groups is 1. The molecule has 1 atom stereocenters. The summed E-state index contributed by atoms with van der Waals surface area (Å²) in [5.74, 6) is 1.71. The molecule has 2 aromatic rings. The van der Waals surface area contributed by atoms with Crippen molar-refractivity contribution in [2.75, 3.05) is 39.2 Å². The first-order chi connectivity index (χ1) is 18.0. The van der Waals surface area contributed by atoms with E-state index in [-0.39, 0.29) is 23.3 Å². The minimum Gasteiger partial charge on any atom is -0.481 e. The largest absolute Gasteiger partial charge is 0.481 e. The van der Waals surface area contributed by atoms with Gasteiger partial charge >= 0.3 is 6.03 Å². The monoisotopic (exact) mass is 502 g/mol. The lowest BCUT2D eigenvalue weighted by Gasteiger charge is -2.51. The normalized spacial score (nSPS) is 29.7. The van der Waals surface area contributed by atoms with Crippen LogP contribution in [0.5, 0.6) is 5.88 Å². The second-order valence-corrected chi connectivity index (χ2v) is 11.4. The molecule has 0 bridgehead atoms. The van der Waals surface area contributed by atoms with Crippen molar-refractivity contribution in [2.45, 2.75) is 62.2 Å². The van der Waals surface area contributed by atoms with Gasteiger partial charge in [0.05, 0.1) is 12.6 Å². The first-order valence-electron chi connectivity index (χ1n) is 13.6. The molecule has 2 aliphatic carbocycles. The molecule has 1 aromatic carbocycles. The molecular weight excluding hydrogens is 464 g/mol. The van der Waals surface area contributed by atoms with Crippen LogP contribution < -0.4 is 9.64 Å². The summed E-state index contributed by atoms with van der Waals surface area (Å²) in [6.45, 7) is 1.62. The van der Waals surface area contributed by atoms with E-state index in [1.54, 1.807) is 19.4 Å². The molecule has 1 aromatic heterocycles. The van der Waals surface area contributed by atoms with Crippen LogP contribution in [0.1, 0.15) is 50.5 Å². The summed E-state index contributed by atoms with van der Waals surface area (Å²) in [5.41, 5.74) is 1.25. The number of carbonyl (C=O) groups is 1. The summed E-state index contributed by atoms with van der Waals surface area (Å²) < 4.78 is 5.31. The molecule has 1 saturated heterocycles. The number of aromatic nitrogens is 2. The average Bonchev–Trinajstić information content (AvgIpc) is 3.12. The Morgan fingerprint density at radius 3 is 2.43 bits per heavy atom. The van der Waals surface area contributed by atoms with Gasteiger partial charge in [0.15, 0.2) is 0 Å². The van der Waals surface area contributed by atoms with Crippen molar-refractivity contribution >= 4 is 12.0 Å². The van der Waals surface area contributed by atoms with Crippen LogP contribution in [0, 0.1) is 5.92 Å². The van der Waals surface area contributed by atoms with E-state index in [1.807, 2.05) is 16.0 Å². The summed E-state index contributed by atoms with van der Waals surface area (Å²) in [6.07, 6.45) is 13.4. The predicted molar refractivity (Wildman–Crippen MR) is 143 cm³/mol. The van der Waals surface area contributed by atoms with Gasteiger partial charge < -0.3 is 9.64 Å². The molecule has 8 nitrogen and oxygen atoms in total. The number of anilines is 1. The van der Waals surface area contributed by atoms with E-state index in [0.29, 0.717) is 17.7 Å². The van der Waals surface area contributed by atoms with Crippen LogP contribution in [-0.4, -0.2) is 76.7 Å². The standard InChI is InChI=1S/C29H38N6O2/c1-32(2)29(23-10-5-4-6-11-23)16-14-28(15-17-29)21-34(27(36)35(28)20-22-8-7-9-22)25-13-19-33(25)26-30-18-12-24(31-26)37-3/h4-6,10-13,18-19,22,25H,7-9,14-17,20-21H2,1-3H3. The fraction of sp³-hybridized carbons (Fsp3) is 0.552. The number of hydrogen-bond acceptors (Lipinski definition) is 6. The Bertz CT molecular complexity index is 1160. The molecule has 8 heteroatoms. The number of methoxy groups -OCH3 is 1. The molecule has 0 N–H and O–H groups in total. The Labute approximate surface area is 219 Å². The maximum absolute atomic E-state index is 14.1. The first-order valence-corrected chi connectivity index (χ1v) is 13.6. The maximum atomic E-state index is 14.1. The van der Waals surface area contributed by atoms with Crippen molar-refractivity contribution in [1.29, 1.82) is 0 Å². The Morgan fingerprint density at radius 2 is 1.84 bits per heavy atom. The van der Waals surface area contributed by atoms with E-state index >= 15 is 0 Å². The Kier molecular flexibility index (Phi) is 6.10. The lowest BCUT2D eigenvalue weighted by Crippen LogP contribution is -2.56. The number of hydrogen-bond donors (Lipinski definition) is 0. The van der Waals surface area contributed by atoms with Crippen LogP contribution in [-0.2, 0) is 5.54 Å². The third-order valence-corrected chi connectivity index (χ3v) is 9.43. The molecule has 6 rings (SSSR count). The maximum Gasteiger partial charge on any atom is 0.322 e.